The highest BCUT2D eigenvalue weighted by molar-refractivity contribution is 9.10. The maximum atomic E-state index is 12.9. The number of carbonyl (C=O) groups excluding carboxylic acids is 2. The van der Waals surface area contributed by atoms with E-state index in [1.165, 1.54) is 6.07 Å². The van der Waals surface area contributed by atoms with E-state index in [1.54, 1.807) is 42.1 Å². The van der Waals surface area contributed by atoms with E-state index in [4.69, 9.17) is 0 Å². The fraction of sp³-hybridized carbons (Fsp3) is 0.111. The molecule has 4 rings (SSSR count). The molecule has 10 heteroatoms. The van der Waals surface area contributed by atoms with Crippen LogP contribution in [0.4, 0.5) is 5.69 Å². The van der Waals surface area contributed by atoms with E-state index < -0.39 is 28.4 Å². The lowest BCUT2D eigenvalue weighted by Crippen LogP contribution is -2.47. The average molecular weight is 463 g/mol. The fourth-order valence-corrected chi connectivity index (χ4v) is 5.43. The van der Waals surface area contributed by atoms with Crippen LogP contribution in [0.15, 0.2) is 58.0 Å². The molecule has 2 heterocycles. The number of benzene rings is 2. The third-order valence-corrected chi connectivity index (χ3v) is 6.72. The van der Waals surface area contributed by atoms with Crippen molar-refractivity contribution in [3.8, 4) is 0 Å². The van der Waals surface area contributed by atoms with Gasteiger partial charge in [-0.15, -0.1) is 0 Å². The van der Waals surface area contributed by atoms with Gasteiger partial charge in [0.15, 0.2) is 0 Å². The standard InChI is InChI=1S/C18H15BrN4O4S/c1-22-9-12(19)8-14(22)18(25)21-20-16(24)10-23-13-6-2-4-11-5-3-7-15(17(11)13)28(23,26)27/h2-9H,10H2,1H3,(H,20,24)(H,21,25). The van der Waals surface area contributed by atoms with Gasteiger partial charge in [-0.1, -0.05) is 24.3 Å². The number of aromatic nitrogens is 1. The molecule has 0 bridgehead atoms. The Balaban J connectivity index is 1.52. The van der Waals surface area contributed by atoms with Gasteiger partial charge in [-0.05, 0) is 39.5 Å². The van der Waals surface area contributed by atoms with Crippen molar-refractivity contribution in [3.05, 3.63) is 58.8 Å². The second-order valence-electron chi connectivity index (χ2n) is 6.30. The number of anilines is 1. The van der Waals surface area contributed by atoms with Crippen molar-refractivity contribution in [2.75, 3.05) is 10.8 Å². The zero-order chi connectivity index (χ0) is 20.1. The fourth-order valence-electron chi connectivity index (χ4n) is 3.24. The SMILES string of the molecule is Cn1cc(Br)cc1C(=O)NNC(=O)CN1c2cccc3cccc(c23)S1(=O)=O. The molecule has 0 atom stereocenters. The first-order valence-electron chi connectivity index (χ1n) is 8.24. The van der Waals surface area contributed by atoms with Gasteiger partial charge >= 0.3 is 0 Å². The number of halogens is 1. The van der Waals surface area contributed by atoms with E-state index in [9.17, 15) is 18.0 Å². The van der Waals surface area contributed by atoms with Crippen LogP contribution >= 0.6 is 15.9 Å². The van der Waals surface area contributed by atoms with Crippen LogP contribution in [-0.2, 0) is 21.9 Å². The molecule has 0 saturated heterocycles. The second-order valence-corrected chi connectivity index (χ2v) is 9.05. The highest BCUT2D eigenvalue weighted by atomic mass is 79.9. The summed E-state index contributed by atoms with van der Waals surface area (Å²) < 4.78 is 29.1. The molecule has 2 amide bonds. The predicted molar refractivity (Wildman–Crippen MR) is 107 cm³/mol. The molecule has 0 unspecified atom stereocenters. The molecule has 0 spiro atoms. The molecule has 1 aliphatic rings. The average Bonchev–Trinajstić information content (AvgIpc) is 3.10. The van der Waals surface area contributed by atoms with Crippen molar-refractivity contribution in [1.29, 1.82) is 0 Å². The van der Waals surface area contributed by atoms with Crippen LogP contribution in [0.3, 0.4) is 0 Å². The van der Waals surface area contributed by atoms with E-state index in [-0.39, 0.29) is 4.90 Å². The third kappa shape index (κ3) is 2.94. The molecule has 2 N–H and O–H groups in total. The maximum absolute atomic E-state index is 12.9. The van der Waals surface area contributed by atoms with Crippen molar-refractivity contribution in [1.82, 2.24) is 15.4 Å². The van der Waals surface area contributed by atoms with Gasteiger partial charge in [-0.2, -0.15) is 0 Å². The zero-order valence-corrected chi connectivity index (χ0v) is 17.0. The first-order chi connectivity index (χ1) is 13.3. The molecular weight excluding hydrogens is 448 g/mol. The Kier molecular flexibility index (Phi) is 4.39. The van der Waals surface area contributed by atoms with E-state index in [2.05, 4.69) is 26.8 Å². The van der Waals surface area contributed by atoms with Gasteiger partial charge in [0.05, 0.1) is 10.6 Å². The number of hydrazine groups is 1. The molecular formula is C18H15BrN4O4S. The quantitative estimate of drug-likeness (QED) is 0.580. The molecule has 28 heavy (non-hydrogen) atoms. The van der Waals surface area contributed by atoms with E-state index in [0.29, 0.717) is 16.8 Å². The minimum Gasteiger partial charge on any atom is -0.345 e. The molecule has 8 nitrogen and oxygen atoms in total. The van der Waals surface area contributed by atoms with Crippen LogP contribution in [0.25, 0.3) is 10.8 Å². The molecule has 0 saturated carbocycles. The molecule has 1 aromatic heterocycles. The summed E-state index contributed by atoms with van der Waals surface area (Å²) in [7, 11) is -2.15. The molecule has 0 radical (unpaired) electrons. The normalized spacial score (nSPS) is 14.3. The Labute approximate surface area is 169 Å². The monoisotopic (exact) mass is 462 g/mol. The Hall–Kier alpha value is -2.85. The van der Waals surface area contributed by atoms with Gasteiger partial charge < -0.3 is 4.57 Å². The lowest BCUT2D eigenvalue weighted by Gasteiger charge is -2.18. The van der Waals surface area contributed by atoms with E-state index in [0.717, 1.165) is 14.2 Å². The number of nitrogens with one attached hydrogen (secondary N) is 2. The van der Waals surface area contributed by atoms with Crippen LogP contribution in [0, 0.1) is 0 Å². The summed E-state index contributed by atoms with van der Waals surface area (Å²) in [5.74, 6) is -1.17. The number of amides is 2. The molecule has 2 aromatic carbocycles. The van der Waals surface area contributed by atoms with Crippen LogP contribution in [-0.4, -0.2) is 31.3 Å². The van der Waals surface area contributed by atoms with Crippen LogP contribution in [0.1, 0.15) is 10.5 Å². The second kappa shape index (κ2) is 6.64. The van der Waals surface area contributed by atoms with Gasteiger partial charge in [0.25, 0.3) is 21.8 Å². The summed E-state index contributed by atoms with van der Waals surface area (Å²) in [5, 5.41) is 1.37. The number of sulfonamides is 1. The van der Waals surface area contributed by atoms with Crippen molar-refractivity contribution >= 4 is 54.2 Å². The largest absolute Gasteiger partial charge is 0.345 e. The highest BCUT2D eigenvalue weighted by Crippen LogP contribution is 2.41. The number of carbonyl (C=O) groups is 2. The lowest BCUT2D eigenvalue weighted by molar-refractivity contribution is -0.120. The van der Waals surface area contributed by atoms with Gasteiger partial charge in [-0.25, -0.2) is 8.42 Å². The van der Waals surface area contributed by atoms with Gasteiger partial charge in [0.2, 0.25) is 0 Å². The summed E-state index contributed by atoms with van der Waals surface area (Å²) in [6.07, 6.45) is 1.70. The zero-order valence-electron chi connectivity index (χ0n) is 14.6. The van der Waals surface area contributed by atoms with Crippen molar-refractivity contribution in [3.63, 3.8) is 0 Å². The number of nitrogens with zero attached hydrogens (tertiary/aromatic N) is 2. The highest BCUT2D eigenvalue weighted by Gasteiger charge is 2.36. The summed E-state index contributed by atoms with van der Waals surface area (Å²) in [4.78, 5) is 24.7. The summed E-state index contributed by atoms with van der Waals surface area (Å²) in [6.45, 7) is -0.451. The van der Waals surface area contributed by atoms with Crippen molar-refractivity contribution < 1.29 is 18.0 Å². The van der Waals surface area contributed by atoms with E-state index >= 15 is 0 Å². The van der Waals surface area contributed by atoms with E-state index in [1.807, 2.05) is 12.1 Å². The smallest absolute Gasteiger partial charge is 0.286 e. The van der Waals surface area contributed by atoms with Crippen LogP contribution in [0.5, 0.6) is 0 Å². The third-order valence-electron chi connectivity index (χ3n) is 4.49. The summed E-state index contributed by atoms with van der Waals surface area (Å²) in [6, 6.07) is 11.8. The number of aryl methyl sites for hydroxylation is 1. The Bertz CT molecular complexity index is 1230. The molecule has 0 fully saturated rings. The summed E-state index contributed by atoms with van der Waals surface area (Å²) >= 11 is 3.27. The van der Waals surface area contributed by atoms with Gasteiger partial charge in [0, 0.05) is 23.1 Å². The van der Waals surface area contributed by atoms with Crippen molar-refractivity contribution in [2.24, 2.45) is 7.05 Å². The summed E-state index contributed by atoms with van der Waals surface area (Å²) in [5.41, 5.74) is 5.34. The predicted octanol–water partition coefficient (Wildman–Crippen LogP) is 1.91. The topological polar surface area (TPSA) is 101 Å². The van der Waals surface area contributed by atoms with Gasteiger partial charge in [-0.3, -0.25) is 24.7 Å². The number of hydrogen-bond acceptors (Lipinski definition) is 4. The lowest BCUT2D eigenvalue weighted by atomic mass is 10.1. The minimum absolute atomic E-state index is 0.172. The Morgan fingerprint density at radius 3 is 2.50 bits per heavy atom. The van der Waals surface area contributed by atoms with Crippen LogP contribution < -0.4 is 15.2 Å². The number of rotatable bonds is 3. The molecule has 1 aliphatic heterocycles. The molecule has 0 aliphatic carbocycles. The number of hydrogen-bond donors (Lipinski definition) is 2. The van der Waals surface area contributed by atoms with Crippen molar-refractivity contribution in [2.45, 2.75) is 4.90 Å². The Morgan fingerprint density at radius 2 is 1.82 bits per heavy atom. The minimum atomic E-state index is -3.84. The molecule has 144 valence electrons. The van der Waals surface area contributed by atoms with Crippen LogP contribution in [0.2, 0.25) is 0 Å². The molecule has 3 aromatic rings. The maximum Gasteiger partial charge on any atom is 0.286 e. The first kappa shape index (κ1) is 18.5. The first-order valence-corrected chi connectivity index (χ1v) is 10.5. The Morgan fingerprint density at radius 1 is 1.11 bits per heavy atom. The van der Waals surface area contributed by atoms with Gasteiger partial charge in [0.1, 0.15) is 12.2 Å².